The van der Waals surface area contributed by atoms with Crippen LogP contribution in [-0.2, 0) is 6.42 Å². The number of aromatic nitrogens is 1. The van der Waals surface area contributed by atoms with Gasteiger partial charge in [0.1, 0.15) is 0 Å². The molecule has 1 rings (SSSR count). The molecule has 1 heterocycles. The lowest BCUT2D eigenvalue weighted by molar-refractivity contribution is 0.607. The average molecular weight is 219 g/mol. The molecule has 0 aliphatic rings. The van der Waals surface area contributed by atoms with Crippen LogP contribution >= 0.6 is 0 Å². The Bertz CT molecular complexity index is 284. The fourth-order valence-corrected chi connectivity index (χ4v) is 2.17. The zero-order valence-electron chi connectivity index (χ0n) is 11.1. The third-order valence-electron chi connectivity index (χ3n) is 2.96. The minimum Gasteiger partial charge on any atom is -0.258 e. The summed E-state index contributed by atoms with van der Waals surface area (Å²) in [6.45, 7) is 6.43. The number of hydrogen-bond donors (Lipinski definition) is 0. The standard InChI is InChI=1S/C15H25N/c1-4-5-6-7-8-9-10-15-11-13(2)16-14(3)12-15/h11-12H,4-10H2,1-3H3. The molecule has 1 heteroatoms. The van der Waals surface area contributed by atoms with E-state index in [2.05, 4.69) is 37.9 Å². The first kappa shape index (κ1) is 13.2. The van der Waals surface area contributed by atoms with Gasteiger partial charge in [-0.05, 0) is 44.4 Å². The van der Waals surface area contributed by atoms with E-state index in [0.29, 0.717) is 0 Å². The normalized spacial score (nSPS) is 10.7. The number of pyridine rings is 1. The lowest BCUT2D eigenvalue weighted by Gasteiger charge is -2.04. The lowest BCUT2D eigenvalue weighted by atomic mass is 10.0. The molecule has 90 valence electrons. The van der Waals surface area contributed by atoms with Gasteiger partial charge in [0.2, 0.25) is 0 Å². The monoisotopic (exact) mass is 219 g/mol. The summed E-state index contributed by atoms with van der Waals surface area (Å²) in [6, 6.07) is 4.44. The smallest absolute Gasteiger partial charge is 0.0378 e. The Labute approximate surface area is 100 Å². The van der Waals surface area contributed by atoms with E-state index in [1.165, 1.54) is 50.5 Å². The molecular formula is C15H25N. The summed E-state index contributed by atoms with van der Waals surface area (Å²) < 4.78 is 0. The molecule has 0 saturated heterocycles. The van der Waals surface area contributed by atoms with Crippen molar-refractivity contribution in [3.8, 4) is 0 Å². The van der Waals surface area contributed by atoms with Crippen molar-refractivity contribution in [3.05, 3.63) is 29.1 Å². The van der Waals surface area contributed by atoms with Crippen LogP contribution in [0.4, 0.5) is 0 Å². The van der Waals surface area contributed by atoms with Crippen molar-refractivity contribution in [3.63, 3.8) is 0 Å². The van der Waals surface area contributed by atoms with Crippen LogP contribution in [0, 0.1) is 13.8 Å². The van der Waals surface area contributed by atoms with Gasteiger partial charge in [-0.15, -0.1) is 0 Å². The van der Waals surface area contributed by atoms with E-state index in [0.717, 1.165) is 11.4 Å². The van der Waals surface area contributed by atoms with Gasteiger partial charge in [-0.1, -0.05) is 39.0 Å². The number of aryl methyl sites for hydroxylation is 3. The molecular weight excluding hydrogens is 194 g/mol. The highest BCUT2D eigenvalue weighted by Gasteiger charge is 1.97. The van der Waals surface area contributed by atoms with Gasteiger partial charge in [0.15, 0.2) is 0 Å². The predicted octanol–water partition coefficient (Wildman–Crippen LogP) is 4.60. The van der Waals surface area contributed by atoms with Crippen molar-refractivity contribution in [2.24, 2.45) is 0 Å². The summed E-state index contributed by atoms with van der Waals surface area (Å²) in [7, 11) is 0. The Hall–Kier alpha value is -0.850. The molecule has 0 aliphatic carbocycles. The molecule has 0 amide bonds. The van der Waals surface area contributed by atoms with E-state index in [1.807, 2.05) is 0 Å². The van der Waals surface area contributed by atoms with Crippen LogP contribution in [0.1, 0.15) is 62.4 Å². The largest absolute Gasteiger partial charge is 0.258 e. The Morgan fingerprint density at radius 2 is 1.44 bits per heavy atom. The second-order valence-corrected chi connectivity index (χ2v) is 4.78. The molecule has 0 N–H and O–H groups in total. The maximum atomic E-state index is 4.40. The van der Waals surface area contributed by atoms with Crippen molar-refractivity contribution in [1.29, 1.82) is 0 Å². The van der Waals surface area contributed by atoms with E-state index in [4.69, 9.17) is 0 Å². The van der Waals surface area contributed by atoms with Crippen LogP contribution in [-0.4, -0.2) is 4.98 Å². The van der Waals surface area contributed by atoms with Crippen molar-refractivity contribution < 1.29 is 0 Å². The summed E-state index contributed by atoms with van der Waals surface area (Å²) in [4.78, 5) is 4.40. The number of hydrogen-bond acceptors (Lipinski definition) is 1. The van der Waals surface area contributed by atoms with Crippen LogP contribution in [0.25, 0.3) is 0 Å². The third-order valence-corrected chi connectivity index (χ3v) is 2.96. The molecule has 16 heavy (non-hydrogen) atoms. The van der Waals surface area contributed by atoms with E-state index in [1.54, 1.807) is 0 Å². The molecule has 1 aromatic rings. The molecule has 0 aliphatic heterocycles. The molecule has 0 spiro atoms. The topological polar surface area (TPSA) is 12.9 Å². The second-order valence-electron chi connectivity index (χ2n) is 4.78. The Balaban J connectivity index is 2.21. The SMILES string of the molecule is CCCCCCCCc1cc(C)nc(C)c1. The van der Waals surface area contributed by atoms with Gasteiger partial charge in [0, 0.05) is 11.4 Å². The third kappa shape index (κ3) is 5.29. The van der Waals surface area contributed by atoms with E-state index < -0.39 is 0 Å². The molecule has 0 bridgehead atoms. The molecule has 0 atom stereocenters. The minimum absolute atomic E-state index is 1.15. The molecule has 0 aromatic carbocycles. The first-order valence-electron chi connectivity index (χ1n) is 6.66. The van der Waals surface area contributed by atoms with Crippen LogP contribution in [0.2, 0.25) is 0 Å². The zero-order chi connectivity index (χ0) is 11.8. The Kier molecular flexibility index (Phi) is 6.14. The van der Waals surface area contributed by atoms with E-state index in [-0.39, 0.29) is 0 Å². The molecule has 0 saturated carbocycles. The molecule has 0 fully saturated rings. The molecule has 0 unspecified atom stereocenters. The van der Waals surface area contributed by atoms with Gasteiger partial charge in [0.05, 0.1) is 0 Å². The number of nitrogens with zero attached hydrogens (tertiary/aromatic N) is 1. The minimum atomic E-state index is 1.15. The average Bonchev–Trinajstić information content (AvgIpc) is 2.22. The zero-order valence-corrected chi connectivity index (χ0v) is 11.1. The van der Waals surface area contributed by atoms with Crippen molar-refractivity contribution >= 4 is 0 Å². The number of rotatable bonds is 7. The number of unbranched alkanes of at least 4 members (excludes halogenated alkanes) is 5. The van der Waals surface area contributed by atoms with Gasteiger partial charge in [0.25, 0.3) is 0 Å². The van der Waals surface area contributed by atoms with Gasteiger partial charge in [-0.2, -0.15) is 0 Å². The highest BCUT2D eigenvalue weighted by molar-refractivity contribution is 5.20. The van der Waals surface area contributed by atoms with Gasteiger partial charge < -0.3 is 0 Å². The van der Waals surface area contributed by atoms with E-state index in [9.17, 15) is 0 Å². The van der Waals surface area contributed by atoms with E-state index >= 15 is 0 Å². The van der Waals surface area contributed by atoms with Crippen LogP contribution in [0.3, 0.4) is 0 Å². The quantitative estimate of drug-likeness (QED) is 0.611. The summed E-state index contributed by atoms with van der Waals surface area (Å²) in [6.07, 6.45) is 9.46. The van der Waals surface area contributed by atoms with Gasteiger partial charge >= 0.3 is 0 Å². The molecule has 1 nitrogen and oxygen atoms in total. The van der Waals surface area contributed by atoms with Crippen molar-refractivity contribution in [1.82, 2.24) is 4.98 Å². The van der Waals surface area contributed by atoms with Crippen molar-refractivity contribution in [2.45, 2.75) is 65.7 Å². The summed E-state index contributed by atoms with van der Waals surface area (Å²) in [5.41, 5.74) is 3.77. The fraction of sp³-hybridized carbons (Fsp3) is 0.667. The summed E-state index contributed by atoms with van der Waals surface area (Å²) >= 11 is 0. The second kappa shape index (κ2) is 7.43. The summed E-state index contributed by atoms with van der Waals surface area (Å²) in [5, 5.41) is 0. The van der Waals surface area contributed by atoms with Gasteiger partial charge in [-0.25, -0.2) is 0 Å². The van der Waals surface area contributed by atoms with Crippen LogP contribution in [0.15, 0.2) is 12.1 Å². The lowest BCUT2D eigenvalue weighted by Crippen LogP contribution is -1.92. The van der Waals surface area contributed by atoms with Gasteiger partial charge in [-0.3, -0.25) is 4.98 Å². The first-order chi connectivity index (χ1) is 7.72. The Morgan fingerprint density at radius 1 is 0.875 bits per heavy atom. The first-order valence-corrected chi connectivity index (χ1v) is 6.66. The Morgan fingerprint density at radius 3 is 2.06 bits per heavy atom. The van der Waals surface area contributed by atoms with Crippen LogP contribution < -0.4 is 0 Å². The van der Waals surface area contributed by atoms with Crippen LogP contribution in [0.5, 0.6) is 0 Å². The highest BCUT2D eigenvalue weighted by Crippen LogP contribution is 2.11. The van der Waals surface area contributed by atoms with Crippen molar-refractivity contribution in [2.75, 3.05) is 0 Å². The molecule has 0 radical (unpaired) electrons. The predicted molar refractivity (Wildman–Crippen MR) is 70.8 cm³/mol. The highest BCUT2D eigenvalue weighted by atomic mass is 14.7. The molecule has 1 aromatic heterocycles. The maximum absolute atomic E-state index is 4.40. The summed E-state index contributed by atoms with van der Waals surface area (Å²) in [5.74, 6) is 0. The maximum Gasteiger partial charge on any atom is 0.0378 e. The fourth-order valence-electron chi connectivity index (χ4n) is 2.17.